The molecule has 6 nitrogen and oxygen atoms in total. The zero-order valence-electron chi connectivity index (χ0n) is 11.2. The molecule has 2 fully saturated rings. The van der Waals surface area contributed by atoms with Crippen molar-refractivity contribution in [2.24, 2.45) is 7.05 Å². The number of hydrogen-bond donors (Lipinski definition) is 0. The van der Waals surface area contributed by atoms with Crippen LogP contribution in [0.1, 0.15) is 12.8 Å². The van der Waals surface area contributed by atoms with Gasteiger partial charge in [0.1, 0.15) is 12.1 Å². The highest BCUT2D eigenvalue weighted by molar-refractivity contribution is 5.86. The van der Waals surface area contributed by atoms with Gasteiger partial charge in [0.25, 0.3) is 0 Å². The van der Waals surface area contributed by atoms with Crippen LogP contribution in [-0.2, 0) is 7.05 Å². The number of aromatic nitrogens is 4. The van der Waals surface area contributed by atoms with Gasteiger partial charge in [0, 0.05) is 32.7 Å². The zero-order chi connectivity index (χ0) is 12.8. The van der Waals surface area contributed by atoms with Crippen LogP contribution >= 0.6 is 0 Å². The summed E-state index contributed by atoms with van der Waals surface area (Å²) in [6.07, 6.45) is 6.19. The van der Waals surface area contributed by atoms with E-state index < -0.39 is 0 Å². The molecule has 0 saturated carbocycles. The summed E-state index contributed by atoms with van der Waals surface area (Å²) in [6.45, 7) is 4.56. The highest BCUT2D eigenvalue weighted by Crippen LogP contribution is 2.27. The first kappa shape index (κ1) is 11.2. The molecule has 0 spiro atoms. The molecule has 2 aromatic rings. The first-order valence-electron chi connectivity index (χ1n) is 6.94. The van der Waals surface area contributed by atoms with E-state index in [4.69, 9.17) is 0 Å². The second-order valence-electron chi connectivity index (χ2n) is 5.48. The minimum Gasteiger partial charge on any atom is -0.353 e. The quantitative estimate of drug-likeness (QED) is 0.751. The van der Waals surface area contributed by atoms with Crippen molar-refractivity contribution < 1.29 is 0 Å². The first-order chi connectivity index (χ1) is 9.33. The molecule has 0 aliphatic carbocycles. The number of rotatable bonds is 1. The third-order valence-corrected chi connectivity index (χ3v) is 4.40. The van der Waals surface area contributed by atoms with Crippen molar-refractivity contribution in [2.75, 3.05) is 31.1 Å². The minimum absolute atomic E-state index is 0.704. The van der Waals surface area contributed by atoms with E-state index in [9.17, 15) is 0 Å². The maximum atomic E-state index is 4.50. The molecule has 100 valence electrons. The van der Waals surface area contributed by atoms with E-state index in [1.165, 1.54) is 19.4 Å². The average Bonchev–Trinajstić information content (AvgIpc) is 3.05. The van der Waals surface area contributed by atoms with Crippen molar-refractivity contribution in [2.45, 2.75) is 18.9 Å². The Morgan fingerprint density at radius 2 is 2.16 bits per heavy atom. The van der Waals surface area contributed by atoms with Gasteiger partial charge in [0.05, 0.1) is 11.6 Å². The molecule has 0 N–H and O–H groups in total. The molecule has 1 unspecified atom stereocenters. The van der Waals surface area contributed by atoms with Crippen LogP contribution in [0.25, 0.3) is 11.0 Å². The molecule has 2 aromatic heterocycles. The molecule has 19 heavy (non-hydrogen) atoms. The molecule has 2 saturated heterocycles. The van der Waals surface area contributed by atoms with Crippen molar-refractivity contribution in [3.8, 4) is 0 Å². The lowest BCUT2D eigenvalue weighted by atomic mass is 10.1. The Morgan fingerprint density at radius 1 is 1.21 bits per heavy atom. The van der Waals surface area contributed by atoms with Gasteiger partial charge in [-0.15, -0.1) is 0 Å². The molecule has 4 rings (SSSR count). The Labute approximate surface area is 112 Å². The normalized spacial score (nSPS) is 24.1. The SMILES string of the molecule is Cn1ncc2c(N3CCN4CCCC4C3)ncnc21. The average molecular weight is 258 g/mol. The van der Waals surface area contributed by atoms with Gasteiger partial charge in [-0.25, -0.2) is 9.97 Å². The number of piperazine rings is 1. The number of aryl methyl sites for hydroxylation is 1. The van der Waals surface area contributed by atoms with Gasteiger partial charge in [0.2, 0.25) is 0 Å². The predicted molar refractivity (Wildman–Crippen MR) is 73.1 cm³/mol. The summed E-state index contributed by atoms with van der Waals surface area (Å²) in [7, 11) is 1.92. The highest BCUT2D eigenvalue weighted by atomic mass is 15.3. The summed E-state index contributed by atoms with van der Waals surface area (Å²) in [5, 5.41) is 5.36. The summed E-state index contributed by atoms with van der Waals surface area (Å²) in [5.74, 6) is 1.05. The third-order valence-electron chi connectivity index (χ3n) is 4.40. The number of fused-ring (bicyclic) bond motifs is 2. The Bertz CT molecular complexity index is 606. The van der Waals surface area contributed by atoms with E-state index >= 15 is 0 Å². The minimum atomic E-state index is 0.704. The smallest absolute Gasteiger partial charge is 0.163 e. The van der Waals surface area contributed by atoms with Crippen LogP contribution in [0.2, 0.25) is 0 Å². The van der Waals surface area contributed by atoms with Crippen LogP contribution < -0.4 is 4.90 Å². The van der Waals surface area contributed by atoms with Crippen LogP contribution in [0.5, 0.6) is 0 Å². The molecule has 0 bridgehead atoms. The topological polar surface area (TPSA) is 50.1 Å². The van der Waals surface area contributed by atoms with Gasteiger partial charge in [-0.1, -0.05) is 0 Å². The second-order valence-corrected chi connectivity index (χ2v) is 5.48. The molecular formula is C13H18N6. The molecule has 1 atom stereocenters. The fourth-order valence-electron chi connectivity index (χ4n) is 3.39. The Balaban J connectivity index is 1.70. The van der Waals surface area contributed by atoms with E-state index in [-0.39, 0.29) is 0 Å². The molecular weight excluding hydrogens is 240 g/mol. The monoisotopic (exact) mass is 258 g/mol. The van der Waals surface area contributed by atoms with E-state index in [1.54, 1.807) is 6.33 Å². The van der Waals surface area contributed by atoms with Gasteiger partial charge >= 0.3 is 0 Å². The molecule has 4 heterocycles. The lowest BCUT2D eigenvalue weighted by molar-refractivity contribution is 0.230. The Kier molecular flexibility index (Phi) is 2.44. The van der Waals surface area contributed by atoms with Crippen molar-refractivity contribution in [1.29, 1.82) is 0 Å². The number of hydrogen-bond acceptors (Lipinski definition) is 5. The number of nitrogens with zero attached hydrogens (tertiary/aromatic N) is 6. The Morgan fingerprint density at radius 3 is 3.11 bits per heavy atom. The summed E-state index contributed by atoms with van der Waals surface area (Å²) in [6, 6.07) is 0.704. The van der Waals surface area contributed by atoms with Gasteiger partial charge < -0.3 is 4.90 Å². The second kappa shape index (κ2) is 4.16. The lowest BCUT2D eigenvalue weighted by Crippen LogP contribution is -2.50. The molecule has 2 aliphatic rings. The van der Waals surface area contributed by atoms with Crippen LogP contribution in [-0.4, -0.2) is 56.9 Å². The van der Waals surface area contributed by atoms with Gasteiger partial charge in [-0.3, -0.25) is 9.58 Å². The molecule has 6 heteroatoms. The van der Waals surface area contributed by atoms with Crippen molar-refractivity contribution in [1.82, 2.24) is 24.6 Å². The van der Waals surface area contributed by atoms with Crippen LogP contribution in [0, 0.1) is 0 Å². The van der Waals surface area contributed by atoms with E-state index in [1.807, 2.05) is 17.9 Å². The van der Waals surface area contributed by atoms with Gasteiger partial charge in [0.15, 0.2) is 5.65 Å². The first-order valence-corrected chi connectivity index (χ1v) is 6.94. The van der Waals surface area contributed by atoms with Crippen LogP contribution in [0.4, 0.5) is 5.82 Å². The van der Waals surface area contributed by atoms with E-state index in [0.717, 1.165) is 36.5 Å². The fourth-order valence-corrected chi connectivity index (χ4v) is 3.39. The maximum absolute atomic E-state index is 4.50. The third kappa shape index (κ3) is 1.70. The Hall–Kier alpha value is -1.69. The highest BCUT2D eigenvalue weighted by Gasteiger charge is 2.31. The van der Waals surface area contributed by atoms with Crippen molar-refractivity contribution >= 4 is 16.9 Å². The van der Waals surface area contributed by atoms with E-state index in [0.29, 0.717) is 6.04 Å². The zero-order valence-corrected chi connectivity index (χ0v) is 11.2. The van der Waals surface area contributed by atoms with Crippen molar-refractivity contribution in [3.05, 3.63) is 12.5 Å². The molecule has 0 aromatic carbocycles. The van der Waals surface area contributed by atoms with Crippen molar-refractivity contribution in [3.63, 3.8) is 0 Å². The maximum Gasteiger partial charge on any atom is 0.163 e. The molecule has 2 aliphatic heterocycles. The fraction of sp³-hybridized carbons (Fsp3) is 0.615. The molecule has 0 radical (unpaired) electrons. The van der Waals surface area contributed by atoms with Gasteiger partial charge in [-0.2, -0.15) is 5.10 Å². The summed E-state index contributed by atoms with van der Waals surface area (Å²) >= 11 is 0. The van der Waals surface area contributed by atoms with Crippen LogP contribution in [0.3, 0.4) is 0 Å². The molecule has 0 amide bonds. The van der Waals surface area contributed by atoms with Gasteiger partial charge in [-0.05, 0) is 19.4 Å². The largest absolute Gasteiger partial charge is 0.353 e. The summed E-state index contributed by atoms with van der Waals surface area (Å²) in [4.78, 5) is 13.8. The predicted octanol–water partition coefficient (Wildman–Crippen LogP) is 0.648. The standard InChI is InChI=1S/C13H18N6/c1-17-12-11(7-16-17)13(15-9-14-12)19-6-5-18-4-2-3-10(18)8-19/h7,9-10H,2-6,8H2,1H3. The van der Waals surface area contributed by atoms with E-state index in [2.05, 4.69) is 24.9 Å². The number of anilines is 1. The summed E-state index contributed by atoms with van der Waals surface area (Å²) in [5.41, 5.74) is 0.916. The van der Waals surface area contributed by atoms with Crippen LogP contribution in [0.15, 0.2) is 12.5 Å². The lowest BCUT2D eigenvalue weighted by Gasteiger charge is -2.38. The summed E-state index contributed by atoms with van der Waals surface area (Å²) < 4.78 is 1.81.